The maximum Gasteiger partial charge on any atom is 0.131 e. The van der Waals surface area contributed by atoms with Crippen molar-refractivity contribution < 1.29 is 5.11 Å². The third kappa shape index (κ3) is 3.69. The lowest BCUT2D eigenvalue weighted by Crippen LogP contribution is -2.32. The van der Waals surface area contributed by atoms with Crippen LogP contribution in [0, 0.1) is 6.92 Å². The van der Waals surface area contributed by atoms with Crippen LogP contribution in [0.1, 0.15) is 17.7 Å². The zero-order chi connectivity index (χ0) is 13.8. The zero-order valence-electron chi connectivity index (χ0n) is 11.8. The molecule has 1 fully saturated rings. The number of hydrogen-bond acceptors (Lipinski definition) is 4. The Balaban J connectivity index is 1.96. The molecular weight excluding hydrogens is 264 g/mol. The van der Waals surface area contributed by atoms with E-state index in [1.165, 1.54) is 0 Å². The normalized spacial score (nSPS) is 18.7. The summed E-state index contributed by atoms with van der Waals surface area (Å²) in [6, 6.07) is 0. The molecule has 0 spiro atoms. The number of rotatable bonds is 4. The zero-order valence-corrected chi connectivity index (χ0v) is 12.5. The third-order valence-electron chi connectivity index (χ3n) is 3.75. The SMILES string of the molecule is Cc1nn(C)c(Cl)c1CN1CCCN(CCO)CC1. The Kier molecular flexibility index (Phi) is 5.21. The molecule has 1 aliphatic rings. The van der Waals surface area contributed by atoms with E-state index in [4.69, 9.17) is 16.7 Å². The van der Waals surface area contributed by atoms with E-state index in [0.717, 1.165) is 62.1 Å². The van der Waals surface area contributed by atoms with Gasteiger partial charge in [0.05, 0.1) is 12.3 Å². The van der Waals surface area contributed by atoms with Crippen LogP contribution in [-0.2, 0) is 13.6 Å². The lowest BCUT2D eigenvalue weighted by Gasteiger charge is -2.21. The molecule has 0 bridgehead atoms. The number of hydrogen-bond donors (Lipinski definition) is 1. The van der Waals surface area contributed by atoms with Crippen molar-refractivity contribution >= 4 is 11.6 Å². The third-order valence-corrected chi connectivity index (χ3v) is 4.22. The molecule has 0 atom stereocenters. The predicted octanol–water partition coefficient (Wildman–Crippen LogP) is 0.882. The second kappa shape index (κ2) is 6.70. The molecule has 0 unspecified atom stereocenters. The molecule has 1 aromatic heterocycles. The van der Waals surface area contributed by atoms with Crippen molar-refractivity contribution in [1.82, 2.24) is 19.6 Å². The first-order valence-corrected chi connectivity index (χ1v) is 7.23. The van der Waals surface area contributed by atoms with Crippen LogP contribution >= 0.6 is 11.6 Å². The molecule has 0 aliphatic carbocycles. The van der Waals surface area contributed by atoms with Gasteiger partial charge >= 0.3 is 0 Å². The van der Waals surface area contributed by atoms with Crippen molar-refractivity contribution in [2.24, 2.45) is 7.05 Å². The number of aromatic nitrogens is 2. The van der Waals surface area contributed by atoms with Gasteiger partial charge in [-0.15, -0.1) is 0 Å². The largest absolute Gasteiger partial charge is 0.395 e. The van der Waals surface area contributed by atoms with Gasteiger partial charge in [0, 0.05) is 38.8 Å². The van der Waals surface area contributed by atoms with Crippen LogP contribution in [0.3, 0.4) is 0 Å². The van der Waals surface area contributed by atoms with Crippen molar-refractivity contribution in [2.45, 2.75) is 19.9 Å². The summed E-state index contributed by atoms with van der Waals surface area (Å²) in [5.74, 6) is 0. The van der Waals surface area contributed by atoms with Gasteiger partial charge in [0.15, 0.2) is 0 Å². The highest BCUT2D eigenvalue weighted by atomic mass is 35.5. The Hall–Kier alpha value is -0.620. The van der Waals surface area contributed by atoms with E-state index in [-0.39, 0.29) is 6.61 Å². The summed E-state index contributed by atoms with van der Waals surface area (Å²) in [6.07, 6.45) is 1.14. The number of aliphatic hydroxyl groups is 1. The van der Waals surface area contributed by atoms with Crippen molar-refractivity contribution in [3.63, 3.8) is 0 Å². The van der Waals surface area contributed by atoms with E-state index >= 15 is 0 Å². The summed E-state index contributed by atoms with van der Waals surface area (Å²) < 4.78 is 1.74. The van der Waals surface area contributed by atoms with Gasteiger partial charge < -0.3 is 5.11 Å². The molecule has 1 aliphatic heterocycles. The van der Waals surface area contributed by atoms with Gasteiger partial charge in [0.25, 0.3) is 0 Å². The number of aliphatic hydroxyl groups excluding tert-OH is 1. The highest BCUT2D eigenvalue weighted by molar-refractivity contribution is 6.30. The number of halogens is 1. The van der Waals surface area contributed by atoms with Gasteiger partial charge in [-0.1, -0.05) is 11.6 Å². The monoisotopic (exact) mass is 286 g/mol. The molecule has 108 valence electrons. The smallest absolute Gasteiger partial charge is 0.131 e. The average Bonchev–Trinajstić information content (AvgIpc) is 2.58. The molecule has 5 nitrogen and oxygen atoms in total. The summed E-state index contributed by atoms with van der Waals surface area (Å²) in [5, 5.41) is 14.1. The summed E-state index contributed by atoms with van der Waals surface area (Å²) in [4.78, 5) is 4.74. The number of nitrogens with zero attached hydrogens (tertiary/aromatic N) is 4. The topological polar surface area (TPSA) is 44.5 Å². The van der Waals surface area contributed by atoms with Crippen molar-refractivity contribution in [3.8, 4) is 0 Å². The number of β-amino-alcohol motifs (C(OH)–C–C–N with tert-alkyl or cyclic N) is 1. The van der Waals surface area contributed by atoms with Gasteiger partial charge in [-0.2, -0.15) is 5.10 Å². The first kappa shape index (κ1) is 14.8. The first-order valence-electron chi connectivity index (χ1n) is 6.85. The highest BCUT2D eigenvalue weighted by Crippen LogP contribution is 2.21. The fraction of sp³-hybridized carbons (Fsp3) is 0.769. The molecule has 1 N–H and O–H groups in total. The quantitative estimate of drug-likeness (QED) is 0.893. The van der Waals surface area contributed by atoms with Crippen molar-refractivity contribution in [3.05, 3.63) is 16.4 Å². The molecule has 1 saturated heterocycles. The average molecular weight is 287 g/mol. The molecule has 2 rings (SSSR count). The summed E-state index contributed by atoms with van der Waals surface area (Å²) in [5.41, 5.74) is 2.16. The van der Waals surface area contributed by atoms with E-state index in [9.17, 15) is 0 Å². The lowest BCUT2D eigenvalue weighted by molar-refractivity contribution is 0.196. The molecule has 0 saturated carbocycles. The van der Waals surface area contributed by atoms with Gasteiger partial charge in [-0.25, -0.2) is 0 Å². The Morgan fingerprint density at radius 1 is 1.21 bits per heavy atom. The van der Waals surface area contributed by atoms with E-state index < -0.39 is 0 Å². The van der Waals surface area contributed by atoms with E-state index in [0.29, 0.717) is 0 Å². The summed E-state index contributed by atoms with van der Waals surface area (Å²) in [6.45, 7) is 8.07. The molecule has 19 heavy (non-hydrogen) atoms. The van der Waals surface area contributed by atoms with E-state index in [1.54, 1.807) is 4.68 Å². The second-order valence-corrected chi connectivity index (χ2v) is 5.53. The minimum Gasteiger partial charge on any atom is -0.395 e. The fourth-order valence-electron chi connectivity index (χ4n) is 2.62. The minimum atomic E-state index is 0.244. The Morgan fingerprint density at radius 2 is 1.89 bits per heavy atom. The van der Waals surface area contributed by atoms with Crippen LogP contribution in [0.2, 0.25) is 5.15 Å². The van der Waals surface area contributed by atoms with Gasteiger partial charge in [0.1, 0.15) is 5.15 Å². The fourth-order valence-corrected chi connectivity index (χ4v) is 2.86. The lowest BCUT2D eigenvalue weighted by atomic mass is 10.2. The van der Waals surface area contributed by atoms with Crippen LogP contribution in [0.5, 0.6) is 0 Å². The molecule has 2 heterocycles. The predicted molar refractivity (Wildman–Crippen MR) is 76.4 cm³/mol. The van der Waals surface area contributed by atoms with Gasteiger partial charge in [0.2, 0.25) is 0 Å². The summed E-state index contributed by atoms with van der Waals surface area (Å²) >= 11 is 6.28. The van der Waals surface area contributed by atoms with Gasteiger partial charge in [-0.05, 0) is 26.4 Å². The van der Waals surface area contributed by atoms with E-state index in [2.05, 4.69) is 14.9 Å². The van der Waals surface area contributed by atoms with E-state index in [1.807, 2.05) is 14.0 Å². The van der Waals surface area contributed by atoms with Crippen LogP contribution in [0.25, 0.3) is 0 Å². The Morgan fingerprint density at radius 3 is 2.53 bits per heavy atom. The molecule has 6 heteroatoms. The van der Waals surface area contributed by atoms with Crippen molar-refractivity contribution in [2.75, 3.05) is 39.3 Å². The standard InChI is InChI=1S/C13H23ClN4O/c1-11-12(13(14)16(2)15-11)10-18-5-3-4-17(6-7-18)8-9-19/h19H,3-10H2,1-2H3. The first-order chi connectivity index (χ1) is 9.11. The molecule has 0 radical (unpaired) electrons. The molecule has 0 aromatic carbocycles. The molecule has 0 amide bonds. The Labute approximate surface area is 119 Å². The van der Waals surface area contributed by atoms with Gasteiger partial charge in [-0.3, -0.25) is 14.5 Å². The molecular formula is C13H23ClN4O. The maximum absolute atomic E-state index is 9.00. The van der Waals surface area contributed by atoms with Crippen LogP contribution in [0.4, 0.5) is 0 Å². The van der Waals surface area contributed by atoms with Crippen LogP contribution in [0.15, 0.2) is 0 Å². The number of aryl methyl sites for hydroxylation is 2. The summed E-state index contributed by atoms with van der Waals surface area (Å²) in [7, 11) is 1.88. The maximum atomic E-state index is 9.00. The Bertz CT molecular complexity index is 421. The van der Waals surface area contributed by atoms with Crippen molar-refractivity contribution in [1.29, 1.82) is 0 Å². The minimum absolute atomic E-state index is 0.244. The van der Waals surface area contributed by atoms with Crippen LogP contribution < -0.4 is 0 Å². The second-order valence-electron chi connectivity index (χ2n) is 5.17. The highest BCUT2D eigenvalue weighted by Gasteiger charge is 2.18. The molecule has 1 aromatic rings. The van der Waals surface area contributed by atoms with Crippen LogP contribution in [-0.4, -0.2) is 64.0 Å².